The largest absolute Gasteiger partial charge is 0.475 e. The molecule has 0 N–H and O–H groups in total. The zero-order valence-electron chi connectivity index (χ0n) is 6.12. The van der Waals surface area contributed by atoms with Gasteiger partial charge in [-0.05, 0) is 6.08 Å². The molecule has 2 rings (SSSR count). The maximum Gasteiger partial charge on any atom is 0.385 e. The molecule has 0 amide bonds. The maximum atomic E-state index is 5.36. The Balaban J connectivity index is 2.38. The van der Waals surface area contributed by atoms with Gasteiger partial charge in [-0.1, -0.05) is 18.2 Å². The van der Waals surface area contributed by atoms with E-state index in [2.05, 4.69) is 0 Å². The maximum absolute atomic E-state index is 5.36. The monoisotopic (exact) mass is 149 g/mol. The molecule has 0 spiro atoms. The number of hydrogen-bond acceptors (Lipinski definition) is 1. The van der Waals surface area contributed by atoms with Crippen LogP contribution in [0, 0.1) is 0 Å². The van der Waals surface area contributed by atoms with E-state index in [0.29, 0.717) is 13.2 Å². The van der Waals surface area contributed by atoms with Crippen LogP contribution in [0.5, 0.6) is 0 Å². The number of carbonyl (C=O) groups excluding carboxylic acids is 1. The number of ether oxygens (including phenoxy) is 1. The first-order valence-electron chi connectivity index (χ1n) is 3.65. The molecule has 1 aliphatic heterocycles. The zero-order chi connectivity index (χ0) is 7.52. The summed E-state index contributed by atoms with van der Waals surface area (Å²) in [6.07, 6.45) is 9.65. The van der Waals surface area contributed by atoms with Crippen LogP contribution in [0.1, 0.15) is 0 Å². The number of allylic oxidation sites excluding steroid dienone is 5. The molecule has 0 saturated heterocycles. The highest BCUT2D eigenvalue weighted by Crippen LogP contribution is 2.08. The van der Waals surface area contributed by atoms with Gasteiger partial charge in [0.15, 0.2) is 6.61 Å². The molecule has 2 nitrogen and oxygen atoms in total. The van der Waals surface area contributed by atoms with Gasteiger partial charge in [0.2, 0.25) is 5.76 Å². The standard InChI is InChI=1S/C9H9O2/c1-2-4-8-9(5-3-1)11-7-6-10-8/h1-5H,6-7H2/q+1. The molecule has 2 heteroatoms. The van der Waals surface area contributed by atoms with Gasteiger partial charge in [-0.3, -0.25) is 0 Å². The van der Waals surface area contributed by atoms with Crippen molar-refractivity contribution in [3.05, 3.63) is 36.1 Å². The van der Waals surface area contributed by atoms with Crippen molar-refractivity contribution in [2.75, 3.05) is 13.2 Å². The zero-order valence-corrected chi connectivity index (χ0v) is 6.12. The van der Waals surface area contributed by atoms with Crippen LogP contribution >= 0.6 is 0 Å². The van der Waals surface area contributed by atoms with Gasteiger partial charge < -0.3 is 4.74 Å². The van der Waals surface area contributed by atoms with Crippen LogP contribution in [-0.4, -0.2) is 19.0 Å². The molecule has 0 atom stereocenters. The molecule has 0 unspecified atom stereocenters. The van der Waals surface area contributed by atoms with Crippen molar-refractivity contribution in [1.82, 2.24) is 0 Å². The highest BCUT2D eigenvalue weighted by Gasteiger charge is 2.21. The van der Waals surface area contributed by atoms with Crippen molar-refractivity contribution in [2.24, 2.45) is 0 Å². The highest BCUT2D eigenvalue weighted by molar-refractivity contribution is 6.03. The van der Waals surface area contributed by atoms with E-state index >= 15 is 0 Å². The average Bonchev–Trinajstić information content (AvgIpc) is 2.28. The van der Waals surface area contributed by atoms with E-state index < -0.39 is 0 Å². The summed E-state index contributed by atoms with van der Waals surface area (Å²) in [4.78, 5) is 0. The minimum Gasteiger partial charge on any atom is -0.475 e. The van der Waals surface area contributed by atoms with E-state index in [1.165, 1.54) is 0 Å². The van der Waals surface area contributed by atoms with Crippen molar-refractivity contribution in [3.8, 4) is 0 Å². The molecule has 0 aromatic heterocycles. The molecule has 0 aromatic carbocycles. The lowest BCUT2D eigenvalue weighted by molar-refractivity contribution is -0.466. The molecule has 0 bridgehead atoms. The van der Waals surface area contributed by atoms with Gasteiger partial charge >= 0.3 is 5.78 Å². The Bertz CT molecular complexity index is 269. The molecule has 56 valence electrons. The quantitative estimate of drug-likeness (QED) is 0.473. The Labute approximate surface area is 65.2 Å². The van der Waals surface area contributed by atoms with Gasteiger partial charge in [0, 0.05) is 6.08 Å². The number of rotatable bonds is 0. The van der Waals surface area contributed by atoms with Crippen molar-refractivity contribution >= 4 is 5.78 Å². The van der Waals surface area contributed by atoms with Crippen LogP contribution in [0.25, 0.3) is 0 Å². The third kappa shape index (κ3) is 1.24. The lowest BCUT2D eigenvalue weighted by atomic mass is 10.3. The van der Waals surface area contributed by atoms with Crippen molar-refractivity contribution < 1.29 is 9.16 Å². The average molecular weight is 149 g/mol. The van der Waals surface area contributed by atoms with E-state index in [1.54, 1.807) is 0 Å². The van der Waals surface area contributed by atoms with Crippen molar-refractivity contribution in [1.29, 1.82) is 0 Å². The van der Waals surface area contributed by atoms with Gasteiger partial charge in [-0.25, -0.2) is 4.42 Å². The van der Waals surface area contributed by atoms with E-state index in [1.807, 2.05) is 30.4 Å². The first kappa shape index (κ1) is 6.40. The molecular formula is C9H9O2+. The number of fused-ring (bicyclic) bond motifs is 1. The third-order valence-corrected chi connectivity index (χ3v) is 1.56. The Kier molecular flexibility index (Phi) is 1.60. The molecule has 0 radical (unpaired) electrons. The van der Waals surface area contributed by atoms with Crippen LogP contribution in [0.3, 0.4) is 0 Å². The molecule has 1 aliphatic carbocycles. The first-order chi connectivity index (χ1) is 5.47. The summed E-state index contributed by atoms with van der Waals surface area (Å²) < 4.78 is 10.7. The fourth-order valence-electron chi connectivity index (χ4n) is 1.06. The topological polar surface area (TPSA) is 20.5 Å². The second-order valence-corrected chi connectivity index (χ2v) is 2.34. The van der Waals surface area contributed by atoms with Gasteiger partial charge in [0.05, 0.1) is 0 Å². The molecule has 0 fully saturated rings. The summed E-state index contributed by atoms with van der Waals surface area (Å²) in [6.45, 7) is 1.30. The summed E-state index contributed by atoms with van der Waals surface area (Å²) in [5.41, 5.74) is 0. The second kappa shape index (κ2) is 2.74. The SMILES string of the molecule is C1=CC=C2OCC[O+]=C2C=C1. The normalized spacial score (nSPS) is 21.1. The molecule has 11 heavy (non-hydrogen) atoms. The molecule has 0 aromatic rings. The summed E-state index contributed by atoms with van der Waals surface area (Å²) in [5, 5.41) is 0. The third-order valence-electron chi connectivity index (χ3n) is 1.56. The first-order valence-corrected chi connectivity index (χ1v) is 3.65. The Morgan fingerprint density at radius 3 is 3.27 bits per heavy atom. The Morgan fingerprint density at radius 1 is 1.27 bits per heavy atom. The lowest BCUT2D eigenvalue weighted by Gasteiger charge is -2.04. The number of hydrogen-bond donors (Lipinski definition) is 0. The summed E-state index contributed by atoms with van der Waals surface area (Å²) in [6, 6.07) is 0. The van der Waals surface area contributed by atoms with Gasteiger partial charge in [0.1, 0.15) is 0 Å². The second-order valence-electron chi connectivity index (χ2n) is 2.34. The van der Waals surface area contributed by atoms with Crippen LogP contribution in [-0.2, 0) is 9.16 Å². The van der Waals surface area contributed by atoms with Crippen molar-refractivity contribution in [3.63, 3.8) is 0 Å². The van der Waals surface area contributed by atoms with E-state index in [-0.39, 0.29) is 0 Å². The van der Waals surface area contributed by atoms with Crippen LogP contribution in [0.2, 0.25) is 0 Å². The highest BCUT2D eigenvalue weighted by atomic mass is 16.5. The van der Waals surface area contributed by atoms with Gasteiger partial charge in [-0.2, -0.15) is 0 Å². The summed E-state index contributed by atoms with van der Waals surface area (Å²) in [5.74, 6) is 1.67. The molecule has 2 aliphatic rings. The summed E-state index contributed by atoms with van der Waals surface area (Å²) in [7, 11) is 0. The minimum absolute atomic E-state index is 0.650. The van der Waals surface area contributed by atoms with E-state index in [9.17, 15) is 0 Å². The van der Waals surface area contributed by atoms with E-state index in [4.69, 9.17) is 9.16 Å². The predicted molar refractivity (Wildman–Crippen MR) is 42.2 cm³/mol. The Morgan fingerprint density at radius 2 is 2.27 bits per heavy atom. The van der Waals surface area contributed by atoms with Crippen LogP contribution in [0.15, 0.2) is 36.1 Å². The number of ketones is 1. The fraction of sp³-hybridized carbons (Fsp3) is 0.222. The molecule has 0 saturated carbocycles. The molecular weight excluding hydrogens is 140 g/mol. The van der Waals surface area contributed by atoms with Crippen molar-refractivity contribution in [2.45, 2.75) is 0 Å². The summed E-state index contributed by atoms with van der Waals surface area (Å²) >= 11 is 0. The smallest absolute Gasteiger partial charge is 0.385 e. The predicted octanol–water partition coefficient (Wildman–Crippen LogP) is 1.13. The fourth-order valence-corrected chi connectivity index (χ4v) is 1.06. The lowest BCUT2D eigenvalue weighted by Crippen LogP contribution is -2.16. The minimum atomic E-state index is 0.650. The van der Waals surface area contributed by atoms with Gasteiger partial charge in [0.25, 0.3) is 6.61 Å². The van der Waals surface area contributed by atoms with Gasteiger partial charge in [-0.15, -0.1) is 0 Å². The Hall–Kier alpha value is -1.31. The molecule has 1 heterocycles. The van der Waals surface area contributed by atoms with Crippen LogP contribution < -0.4 is 0 Å². The van der Waals surface area contributed by atoms with Crippen LogP contribution in [0.4, 0.5) is 0 Å². The van der Waals surface area contributed by atoms with E-state index in [0.717, 1.165) is 11.5 Å².